The summed E-state index contributed by atoms with van der Waals surface area (Å²) < 4.78 is 246. The Morgan fingerprint density at radius 1 is 0.242 bits per heavy atom. The molecule has 6 nitrogen and oxygen atoms in total. The molecule has 62 heavy (non-hydrogen) atoms. The first-order valence-electron chi connectivity index (χ1n) is 32.6. The second-order valence-electron chi connectivity index (χ2n) is 13.7. The fourth-order valence-corrected chi connectivity index (χ4v) is 7.51. The highest BCUT2D eigenvalue weighted by atomic mass is 15.0. The molecule has 0 amide bonds. The van der Waals surface area contributed by atoms with Crippen molar-refractivity contribution in [3.63, 3.8) is 0 Å². The molecule has 0 saturated carbocycles. The zero-order valence-electron chi connectivity index (χ0n) is 59.3. The third kappa shape index (κ3) is 6.20. The first-order valence-corrected chi connectivity index (χ1v) is 18.6. The summed E-state index contributed by atoms with van der Waals surface area (Å²) in [5.74, 6) is -6.13. The number of hydrogen-bond acceptors (Lipinski definition) is 6. The Labute approximate surface area is 398 Å². The Hall–Kier alpha value is -8.22. The number of benzene rings is 8. The molecule has 2 atom stereocenters. The fraction of sp³-hybridized carbons (Fsp3) is 0.0357. The summed E-state index contributed by atoms with van der Waals surface area (Å²) in [5.41, 5.74) is -2.27. The van der Waals surface area contributed by atoms with Gasteiger partial charge in [-0.25, -0.2) is 29.9 Å². The molecule has 3 aliphatic carbocycles. The number of rotatable bonds is 7. The van der Waals surface area contributed by atoms with Gasteiger partial charge in [0.1, 0.15) is 0 Å². The highest BCUT2D eigenvalue weighted by Crippen LogP contribution is 2.56. The maximum Gasteiger partial charge on any atom is 0.164 e. The van der Waals surface area contributed by atoms with Gasteiger partial charge in [0.25, 0.3) is 0 Å². The molecule has 0 spiro atoms. The summed E-state index contributed by atoms with van der Waals surface area (Å²) in [6, 6.07) is -11.0. The Kier molecular flexibility index (Phi) is 4.15. The van der Waals surface area contributed by atoms with Gasteiger partial charge in [0, 0.05) is 45.2 Å². The van der Waals surface area contributed by atoms with Crippen LogP contribution in [0, 0.1) is 0 Å². The second-order valence-corrected chi connectivity index (χ2v) is 13.7. The van der Waals surface area contributed by atoms with E-state index in [9.17, 15) is 8.22 Å². The van der Waals surface area contributed by atoms with Crippen LogP contribution in [-0.4, -0.2) is 29.9 Å². The molecule has 2 heterocycles. The zero-order valence-corrected chi connectivity index (χ0v) is 31.3. The van der Waals surface area contributed by atoms with E-state index in [4.69, 9.17) is 30.2 Å². The van der Waals surface area contributed by atoms with E-state index in [1.807, 2.05) is 0 Å². The van der Waals surface area contributed by atoms with Crippen molar-refractivity contribution < 1.29 is 38.4 Å². The van der Waals surface area contributed by atoms with E-state index in [0.29, 0.717) is 0 Å². The van der Waals surface area contributed by atoms with Crippen molar-refractivity contribution in [2.75, 3.05) is 0 Å². The molecule has 0 N–H and O–H groups in total. The molecule has 0 saturated heterocycles. The van der Waals surface area contributed by atoms with Crippen molar-refractivity contribution in [1.29, 1.82) is 0 Å². The number of hydrogen-bond donors (Lipinski definition) is 0. The van der Waals surface area contributed by atoms with Crippen LogP contribution in [0.25, 0.3) is 79.5 Å². The van der Waals surface area contributed by atoms with Gasteiger partial charge in [0.05, 0.1) is 38.4 Å². The Morgan fingerprint density at radius 2 is 0.532 bits per heavy atom. The van der Waals surface area contributed by atoms with Gasteiger partial charge in [-0.15, -0.1) is 0 Å². The third-order valence-corrected chi connectivity index (χ3v) is 10.2. The summed E-state index contributed by atoms with van der Waals surface area (Å²) in [6.07, 6.45) is 0. The van der Waals surface area contributed by atoms with Crippen LogP contribution >= 0.6 is 0 Å². The monoisotopic (exact) mass is 820 g/mol. The lowest BCUT2D eigenvalue weighted by Gasteiger charge is -2.42. The molecule has 3 aliphatic rings. The van der Waals surface area contributed by atoms with Crippen molar-refractivity contribution in [1.82, 2.24) is 29.9 Å². The van der Waals surface area contributed by atoms with Gasteiger partial charge in [-0.1, -0.05) is 194 Å². The van der Waals surface area contributed by atoms with Gasteiger partial charge >= 0.3 is 0 Å². The highest BCUT2D eigenvalue weighted by Gasteiger charge is 2.41. The summed E-state index contributed by atoms with van der Waals surface area (Å²) in [5, 5.41) is 0. The molecule has 2 bridgehead atoms. The summed E-state index contributed by atoms with van der Waals surface area (Å²) >= 11 is 0. The van der Waals surface area contributed by atoms with Crippen molar-refractivity contribution >= 4 is 0 Å². The number of aromatic nitrogens is 6. The molecule has 2 unspecified atom stereocenters. The maximum atomic E-state index is 10.0. The van der Waals surface area contributed by atoms with E-state index >= 15 is 0 Å². The summed E-state index contributed by atoms with van der Waals surface area (Å²) in [7, 11) is 0. The van der Waals surface area contributed by atoms with Crippen LogP contribution in [0.5, 0.6) is 0 Å². The lowest BCUT2D eigenvalue weighted by atomic mass is 9.60. The topological polar surface area (TPSA) is 77.3 Å². The molecular weight excluding hydrogens is 757 g/mol. The lowest BCUT2D eigenvalue weighted by molar-refractivity contribution is 0.755. The van der Waals surface area contributed by atoms with Gasteiger partial charge in [0.15, 0.2) is 34.9 Å². The van der Waals surface area contributed by atoms with Crippen LogP contribution in [0.15, 0.2) is 206 Å². The minimum atomic E-state index is -1.50. The molecule has 290 valence electrons. The Balaban J connectivity index is 1.05. The molecular formula is C56H36N6. The first-order chi connectivity index (χ1) is 42.3. The van der Waals surface area contributed by atoms with Crippen LogP contribution in [-0.2, 0) is 0 Å². The normalized spacial score (nSPS) is 20.8. The predicted molar refractivity (Wildman–Crippen MR) is 246 cm³/mol. The first kappa shape index (κ1) is 17.4. The third-order valence-electron chi connectivity index (χ3n) is 10.2. The SMILES string of the molecule is [2H]c1cc(-c2ccc(-c3nc(-c4c([2H])c([2H])c([2H])c([2H])c4[2H])nc(-c4c([2H])c([2H])c([2H])c([2H])c4[2H])n3)cc2)c([2H])c2c1C1c3c([2H])c(-c4nc(-c5c([2H])c([2H])c([2H])c([2H])c5[2H])nc(-c5c([2H])c([2H])c([2H])c([2H])c5[2H])n4)cc([2H])c3C2c2c([2H])c([2H])c([2H])c([2H])c21. The maximum absolute atomic E-state index is 10.0. The lowest BCUT2D eigenvalue weighted by Crippen LogP contribution is -2.27. The van der Waals surface area contributed by atoms with Crippen LogP contribution in [0.1, 0.15) is 83.6 Å². The van der Waals surface area contributed by atoms with Crippen LogP contribution < -0.4 is 0 Å². The minimum absolute atomic E-state index is 0.0151. The van der Waals surface area contributed by atoms with E-state index in [1.165, 1.54) is 30.3 Å². The molecule has 0 fully saturated rings. The van der Waals surface area contributed by atoms with Crippen molar-refractivity contribution in [2.24, 2.45) is 0 Å². The van der Waals surface area contributed by atoms with Gasteiger partial charge < -0.3 is 0 Å². The minimum Gasteiger partial charge on any atom is -0.208 e. The molecule has 10 aromatic rings. The fourth-order valence-electron chi connectivity index (χ4n) is 7.51. The summed E-state index contributed by atoms with van der Waals surface area (Å²) in [6.45, 7) is 0. The standard InChI is InChI=1S/C56H36N6/c1-5-15-36(16-6-1)51-57-52(37-17-7-2-8-18-37)60-55(59-51)40-27-25-35(26-28-40)41-29-31-45-47(33-41)49-43-23-13-14-24-44(43)50(45)48-34-42(30-32-46(48)49)56-61-53(38-19-9-3-10-20-38)58-54(62-56)39-21-11-4-12-22-39/h1-34,49-50H/i1D,2D,3D,4D,5D,6D,7D,8D,9D,10D,11D,12D,13D,14D,15D,16D,17D,18D,19D,20D,21D,22D,23D,24D,31D,32D,33D,34D. The predicted octanol–water partition coefficient (Wildman–Crippen LogP) is 12.7. The molecule has 13 rings (SSSR count). The molecule has 8 aromatic carbocycles. The van der Waals surface area contributed by atoms with Gasteiger partial charge in [-0.3, -0.25) is 0 Å². The van der Waals surface area contributed by atoms with Crippen molar-refractivity contribution in [3.8, 4) is 79.5 Å². The molecule has 0 radical (unpaired) electrons. The van der Waals surface area contributed by atoms with Gasteiger partial charge in [-0.05, 0) is 56.6 Å². The van der Waals surface area contributed by atoms with Crippen LogP contribution in [0.2, 0.25) is 0 Å². The average molecular weight is 821 g/mol. The summed E-state index contributed by atoms with van der Waals surface area (Å²) in [4.78, 5) is 26.5. The molecule has 0 aliphatic heterocycles. The van der Waals surface area contributed by atoms with E-state index in [0.717, 1.165) is 6.07 Å². The Bertz CT molecular complexity index is 4670. The quantitative estimate of drug-likeness (QED) is 0.159. The van der Waals surface area contributed by atoms with Crippen LogP contribution in [0.4, 0.5) is 0 Å². The van der Waals surface area contributed by atoms with E-state index in [-0.39, 0.29) is 73.5 Å². The van der Waals surface area contributed by atoms with Crippen LogP contribution in [0.3, 0.4) is 0 Å². The molecule has 6 heteroatoms. The van der Waals surface area contributed by atoms with Gasteiger partial charge in [-0.2, -0.15) is 0 Å². The highest BCUT2D eigenvalue weighted by molar-refractivity contribution is 5.77. The van der Waals surface area contributed by atoms with E-state index < -0.39 is 220 Å². The average Bonchev–Trinajstić information content (AvgIpc) is 0.674. The second kappa shape index (κ2) is 14.8. The van der Waals surface area contributed by atoms with Gasteiger partial charge in [0.2, 0.25) is 0 Å². The number of nitrogens with zero attached hydrogens (tertiary/aromatic N) is 6. The van der Waals surface area contributed by atoms with Crippen molar-refractivity contribution in [3.05, 3.63) is 239 Å². The van der Waals surface area contributed by atoms with Crippen molar-refractivity contribution in [2.45, 2.75) is 11.8 Å². The Morgan fingerprint density at radius 3 is 0.935 bits per heavy atom. The molecule has 2 aromatic heterocycles. The smallest absolute Gasteiger partial charge is 0.164 e. The largest absolute Gasteiger partial charge is 0.208 e. The van der Waals surface area contributed by atoms with E-state index in [1.54, 1.807) is 0 Å². The zero-order chi connectivity index (χ0) is 65.4. The van der Waals surface area contributed by atoms with E-state index in [2.05, 4.69) is 29.9 Å².